The monoisotopic (exact) mass is 455 g/mol. The Kier molecular flexibility index (Phi) is 6.91. The number of carbonyl (C=O) groups excluding carboxylic acids is 2. The molecule has 0 aromatic heterocycles. The maximum atomic E-state index is 12.7. The minimum Gasteiger partial charge on any atom is -0.349 e. The van der Waals surface area contributed by atoms with Crippen molar-refractivity contribution >= 4 is 21.8 Å². The molecule has 8 heteroatoms. The SMILES string of the molecule is O=C(CCC(=O)N1CCN(S(=O)(=O)c2ccccc2)CC1)N[C@H]1CCCc2ccccc21. The number of benzene rings is 2. The number of aryl methyl sites for hydroxylation is 1. The van der Waals surface area contributed by atoms with Crippen molar-refractivity contribution in [2.75, 3.05) is 26.2 Å². The maximum Gasteiger partial charge on any atom is 0.243 e. The second-order valence-electron chi connectivity index (χ2n) is 8.31. The fraction of sp³-hybridized carbons (Fsp3) is 0.417. The van der Waals surface area contributed by atoms with E-state index in [2.05, 4.69) is 17.4 Å². The van der Waals surface area contributed by atoms with E-state index in [1.807, 2.05) is 12.1 Å². The normalized spacial score (nSPS) is 19.2. The molecule has 1 aliphatic carbocycles. The summed E-state index contributed by atoms with van der Waals surface area (Å²) >= 11 is 0. The van der Waals surface area contributed by atoms with E-state index >= 15 is 0 Å². The van der Waals surface area contributed by atoms with Crippen LogP contribution in [0.4, 0.5) is 0 Å². The number of fused-ring (bicyclic) bond motifs is 1. The molecule has 2 amide bonds. The average molecular weight is 456 g/mol. The van der Waals surface area contributed by atoms with Gasteiger partial charge in [-0.1, -0.05) is 42.5 Å². The molecule has 1 aliphatic heterocycles. The van der Waals surface area contributed by atoms with Gasteiger partial charge in [-0.3, -0.25) is 9.59 Å². The molecule has 0 spiro atoms. The topological polar surface area (TPSA) is 86.8 Å². The van der Waals surface area contributed by atoms with Gasteiger partial charge in [0, 0.05) is 39.0 Å². The third kappa shape index (κ3) is 5.02. The van der Waals surface area contributed by atoms with Crippen molar-refractivity contribution in [1.82, 2.24) is 14.5 Å². The van der Waals surface area contributed by atoms with E-state index in [0.717, 1.165) is 19.3 Å². The van der Waals surface area contributed by atoms with E-state index in [9.17, 15) is 18.0 Å². The molecule has 7 nitrogen and oxygen atoms in total. The van der Waals surface area contributed by atoms with Crippen LogP contribution in [-0.4, -0.2) is 55.6 Å². The first-order valence-corrected chi connectivity index (χ1v) is 12.6. The van der Waals surface area contributed by atoms with Gasteiger partial charge in [0.1, 0.15) is 0 Å². The molecule has 4 rings (SSSR count). The number of amides is 2. The Bertz CT molecular complexity index is 1060. The molecular weight excluding hydrogens is 426 g/mol. The van der Waals surface area contributed by atoms with Gasteiger partial charge in [-0.05, 0) is 42.5 Å². The first-order valence-electron chi connectivity index (χ1n) is 11.2. The Labute approximate surface area is 189 Å². The van der Waals surface area contributed by atoms with E-state index in [0.29, 0.717) is 13.1 Å². The van der Waals surface area contributed by atoms with Crippen molar-refractivity contribution in [1.29, 1.82) is 0 Å². The average Bonchev–Trinajstić information content (AvgIpc) is 2.83. The molecule has 32 heavy (non-hydrogen) atoms. The highest BCUT2D eigenvalue weighted by Gasteiger charge is 2.30. The van der Waals surface area contributed by atoms with Gasteiger partial charge in [0.15, 0.2) is 0 Å². The lowest BCUT2D eigenvalue weighted by molar-refractivity contribution is -0.134. The second kappa shape index (κ2) is 9.83. The number of nitrogens with zero attached hydrogens (tertiary/aromatic N) is 2. The molecule has 1 saturated heterocycles. The summed E-state index contributed by atoms with van der Waals surface area (Å²) in [5.41, 5.74) is 2.46. The van der Waals surface area contributed by atoms with Gasteiger partial charge in [0.2, 0.25) is 21.8 Å². The summed E-state index contributed by atoms with van der Waals surface area (Å²) in [6, 6.07) is 16.5. The van der Waals surface area contributed by atoms with Gasteiger partial charge >= 0.3 is 0 Å². The fourth-order valence-electron chi connectivity index (χ4n) is 4.47. The molecule has 1 heterocycles. The van der Waals surface area contributed by atoms with Gasteiger partial charge in [-0.2, -0.15) is 4.31 Å². The van der Waals surface area contributed by atoms with Crippen molar-refractivity contribution in [2.45, 2.75) is 43.0 Å². The van der Waals surface area contributed by atoms with Crippen LogP contribution in [0.15, 0.2) is 59.5 Å². The Morgan fingerprint density at radius 3 is 2.34 bits per heavy atom. The third-order valence-corrected chi connectivity index (χ3v) is 8.16. The highest BCUT2D eigenvalue weighted by molar-refractivity contribution is 7.89. The quantitative estimate of drug-likeness (QED) is 0.725. The number of carbonyl (C=O) groups is 2. The lowest BCUT2D eigenvalue weighted by Crippen LogP contribution is -2.50. The number of sulfonamides is 1. The number of hydrogen-bond acceptors (Lipinski definition) is 4. The van der Waals surface area contributed by atoms with Gasteiger partial charge < -0.3 is 10.2 Å². The molecule has 2 aromatic rings. The molecule has 0 radical (unpaired) electrons. The zero-order valence-corrected chi connectivity index (χ0v) is 18.9. The molecule has 2 aliphatic rings. The summed E-state index contributed by atoms with van der Waals surface area (Å²) in [6.07, 6.45) is 3.25. The Morgan fingerprint density at radius 1 is 0.906 bits per heavy atom. The molecule has 170 valence electrons. The maximum absolute atomic E-state index is 12.7. The number of piperazine rings is 1. The van der Waals surface area contributed by atoms with Crippen molar-refractivity contribution in [3.05, 3.63) is 65.7 Å². The molecular formula is C24H29N3O4S. The highest BCUT2D eigenvalue weighted by Crippen LogP contribution is 2.29. The number of hydrogen-bond donors (Lipinski definition) is 1. The molecule has 1 N–H and O–H groups in total. The Balaban J connectivity index is 1.25. The first-order chi connectivity index (χ1) is 15.4. The molecule has 0 bridgehead atoms. The van der Waals surface area contributed by atoms with Crippen molar-refractivity contribution < 1.29 is 18.0 Å². The zero-order valence-electron chi connectivity index (χ0n) is 18.1. The lowest BCUT2D eigenvalue weighted by atomic mass is 9.87. The van der Waals surface area contributed by atoms with Crippen LogP contribution in [0, 0.1) is 0 Å². The van der Waals surface area contributed by atoms with Crippen LogP contribution in [0.25, 0.3) is 0 Å². The lowest BCUT2D eigenvalue weighted by Gasteiger charge is -2.34. The van der Waals surface area contributed by atoms with Crippen molar-refractivity contribution in [2.24, 2.45) is 0 Å². The second-order valence-corrected chi connectivity index (χ2v) is 10.2. The predicted octanol–water partition coefficient (Wildman–Crippen LogP) is 2.49. The summed E-state index contributed by atoms with van der Waals surface area (Å²) in [5, 5.41) is 3.08. The fourth-order valence-corrected chi connectivity index (χ4v) is 5.91. The molecule has 0 saturated carbocycles. The molecule has 1 fully saturated rings. The van der Waals surface area contributed by atoms with Crippen molar-refractivity contribution in [3.8, 4) is 0 Å². The number of nitrogens with one attached hydrogen (secondary N) is 1. The first kappa shape index (κ1) is 22.5. The van der Waals surface area contributed by atoms with Gasteiger partial charge in [0.05, 0.1) is 10.9 Å². The highest BCUT2D eigenvalue weighted by atomic mass is 32.2. The van der Waals surface area contributed by atoms with Crippen LogP contribution < -0.4 is 5.32 Å². The van der Waals surface area contributed by atoms with Crippen LogP contribution in [0.3, 0.4) is 0 Å². The van der Waals surface area contributed by atoms with E-state index in [1.54, 1.807) is 35.2 Å². The zero-order chi connectivity index (χ0) is 22.6. The largest absolute Gasteiger partial charge is 0.349 e. The summed E-state index contributed by atoms with van der Waals surface area (Å²) in [4.78, 5) is 27.0. The summed E-state index contributed by atoms with van der Waals surface area (Å²) in [7, 11) is -3.55. The minimum atomic E-state index is -3.55. The number of rotatable bonds is 6. The minimum absolute atomic E-state index is 0.00860. The van der Waals surface area contributed by atoms with Crippen LogP contribution in [0.1, 0.15) is 42.9 Å². The Hall–Kier alpha value is -2.71. The summed E-state index contributed by atoms with van der Waals surface area (Å²) < 4.78 is 26.9. The molecule has 2 aromatic carbocycles. The summed E-state index contributed by atoms with van der Waals surface area (Å²) in [5.74, 6) is -0.230. The molecule has 1 atom stereocenters. The molecule has 0 unspecified atom stereocenters. The van der Waals surface area contributed by atoms with Crippen LogP contribution in [-0.2, 0) is 26.0 Å². The van der Waals surface area contributed by atoms with Gasteiger partial charge in [0.25, 0.3) is 0 Å². The predicted molar refractivity (Wildman–Crippen MR) is 121 cm³/mol. The summed E-state index contributed by atoms with van der Waals surface area (Å²) in [6.45, 7) is 1.19. The van der Waals surface area contributed by atoms with E-state index in [1.165, 1.54) is 15.4 Å². The Morgan fingerprint density at radius 2 is 1.59 bits per heavy atom. The third-order valence-electron chi connectivity index (χ3n) is 6.24. The van der Waals surface area contributed by atoms with Crippen LogP contribution in [0.2, 0.25) is 0 Å². The van der Waals surface area contributed by atoms with Crippen molar-refractivity contribution in [3.63, 3.8) is 0 Å². The van der Waals surface area contributed by atoms with Gasteiger partial charge in [-0.25, -0.2) is 8.42 Å². The van der Waals surface area contributed by atoms with Crippen LogP contribution in [0.5, 0.6) is 0 Å². The standard InChI is InChI=1S/C24H29N3O4S/c28-23(25-22-12-6-8-19-7-4-5-11-21(19)22)13-14-24(29)26-15-17-27(18-16-26)32(30,31)20-9-2-1-3-10-20/h1-5,7,9-11,22H,6,8,12-18H2,(H,25,28)/t22-/m0/s1. The van der Waals surface area contributed by atoms with Gasteiger partial charge in [-0.15, -0.1) is 0 Å². The van der Waals surface area contributed by atoms with E-state index < -0.39 is 10.0 Å². The van der Waals surface area contributed by atoms with Crippen LogP contribution >= 0.6 is 0 Å². The smallest absolute Gasteiger partial charge is 0.243 e. The van der Waals surface area contributed by atoms with E-state index in [-0.39, 0.29) is 48.7 Å². The van der Waals surface area contributed by atoms with E-state index in [4.69, 9.17) is 0 Å².